The maximum Gasteiger partial charge on any atom is 0.229 e. The van der Waals surface area contributed by atoms with Gasteiger partial charge in [-0.3, -0.25) is 9.59 Å². The summed E-state index contributed by atoms with van der Waals surface area (Å²) in [6, 6.07) is 11.2. The van der Waals surface area contributed by atoms with Gasteiger partial charge in [-0.05, 0) is 55.3 Å². The van der Waals surface area contributed by atoms with Crippen LogP contribution in [0.1, 0.15) is 17.5 Å². The maximum absolute atomic E-state index is 12.5. The van der Waals surface area contributed by atoms with E-state index in [1.807, 2.05) is 38.1 Å². The lowest BCUT2D eigenvalue weighted by Gasteiger charge is -2.18. The van der Waals surface area contributed by atoms with E-state index in [0.717, 1.165) is 15.7 Å². The molecule has 6 heteroatoms. The lowest BCUT2D eigenvalue weighted by Crippen LogP contribution is -2.28. The van der Waals surface area contributed by atoms with Gasteiger partial charge in [0.25, 0.3) is 0 Å². The number of carbonyl (C=O) groups is 2. The lowest BCUT2D eigenvalue weighted by atomic mass is 10.1. The van der Waals surface area contributed by atoms with Gasteiger partial charge in [0, 0.05) is 23.1 Å². The zero-order chi connectivity index (χ0) is 18.1. The molecule has 0 unspecified atom stereocenters. The molecule has 1 N–H and O–H groups in total. The largest absolute Gasteiger partial charge is 0.324 e. The third-order valence-electron chi connectivity index (χ3n) is 4.49. The minimum absolute atomic E-state index is 0.0368. The van der Waals surface area contributed by atoms with Gasteiger partial charge in [-0.1, -0.05) is 33.6 Å². The number of nitrogens with one attached hydrogen (secondary N) is 1. The highest BCUT2D eigenvalue weighted by Gasteiger charge is 2.35. The Bertz CT molecular complexity index is 853. The first-order valence-corrected chi connectivity index (χ1v) is 9.16. The number of hydrogen-bond acceptors (Lipinski definition) is 2. The summed E-state index contributed by atoms with van der Waals surface area (Å²) in [6.07, 6.45) is 0.201. The zero-order valence-electron chi connectivity index (χ0n) is 14.0. The van der Waals surface area contributed by atoms with Crippen LogP contribution >= 0.6 is 27.5 Å². The summed E-state index contributed by atoms with van der Waals surface area (Å²) in [5, 5.41) is 3.28. The number of benzene rings is 2. The summed E-state index contributed by atoms with van der Waals surface area (Å²) in [5.41, 5.74) is 3.69. The molecule has 25 heavy (non-hydrogen) atoms. The van der Waals surface area contributed by atoms with E-state index in [4.69, 9.17) is 11.6 Å². The predicted molar refractivity (Wildman–Crippen MR) is 104 cm³/mol. The molecular formula is C19H18BrClN2O2. The van der Waals surface area contributed by atoms with Gasteiger partial charge in [-0.2, -0.15) is 0 Å². The SMILES string of the molecule is Cc1ccc(N2C[C@H](C(=O)Nc3ccc(Br)cc3Cl)CC2=O)cc1C. The van der Waals surface area contributed by atoms with Crippen molar-refractivity contribution in [3.8, 4) is 0 Å². The molecule has 3 rings (SSSR count). The summed E-state index contributed by atoms with van der Waals surface area (Å²) in [7, 11) is 0. The monoisotopic (exact) mass is 420 g/mol. The van der Waals surface area contributed by atoms with Crippen molar-refractivity contribution in [2.45, 2.75) is 20.3 Å². The molecule has 4 nitrogen and oxygen atoms in total. The fourth-order valence-corrected chi connectivity index (χ4v) is 3.57. The zero-order valence-corrected chi connectivity index (χ0v) is 16.3. The first-order valence-electron chi connectivity index (χ1n) is 7.98. The van der Waals surface area contributed by atoms with Crippen molar-refractivity contribution < 1.29 is 9.59 Å². The van der Waals surface area contributed by atoms with Crippen LogP contribution in [0, 0.1) is 19.8 Å². The molecular weight excluding hydrogens is 404 g/mol. The quantitative estimate of drug-likeness (QED) is 0.780. The minimum Gasteiger partial charge on any atom is -0.324 e. The number of aryl methyl sites for hydroxylation is 2. The van der Waals surface area contributed by atoms with Gasteiger partial charge in [0.1, 0.15) is 0 Å². The van der Waals surface area contributed by atoms with Crippen LogP contribution in [0.15, 0.2) is 40.9 Å². The van der Waals surface area contributed by atoms with E-state index in [1.165, 1.54) is 5.56 Å². The fraction of sp³-hybridized carbons (Fsp3) is 0.263. The topological polar surface area (TPSA) is 49.4 Å². The molecule has 0 saturated carbocycles. The predicted octanol–water partition coefficient (Wildman–Crippen LogP) is 4.71. The van der Waals surface area contributed by atoms with E-state index in [1.54, 1.807) is 17.0 Å². The van der Waals surface area contributed by atoms with Crippen LogP contribution in [0.5, 0.6) is 0 Å². The number of carbonyl (C=O) groups excluding carboxylic acids is 2. The molecule has 2 amide bonds. The van der Waals surface area contributed by atoms with Gasteiger partial charge in [-0.15, -0.1) is 0 Å². The van der Waals surface area contributed by atoms with Crippen LogP contribution in [0.3, 0.4) is 0 Å². The number of rotatable bonds is 3. The summed E-state index contributed by atoms with van der Waals surface area (Å²) in [6.45, 7) is 4.42. The lowest BCUT2D eigenvalue weighted by molar-refractivity contribution is -0.122. The second kappa shape index (κ2) is 7.18. The maximum atomic E-state index is 12.5. The van der Waals surface area contributed by atoms with Gasteiger partial charge >= 0.3 is 0 Å². The third kappa shape index (κ3) is 3.88. The normalized spacial score (nSPS) is 17.0. The van der Waals surface area contributed by atoms with E-state index in [0.29, 0.717) is 17.3 Å². The molecule has 130 valence electrons. The first kappa shape index (κ1) is 18.0. The van der Waals surface area contributed by atoms with Crippen molar-refractivity contribution >= 4 is 50.7 Å². The summed E-state index contributed by atoms with van der Waals surface area (Å²) >= 11 is 9.48. The Labute approximate surface area is 160 Å². The Hall–Kier alpha value is -1.85. The number of halogens is 2. The van der Waals surface area contributed by atoms with Crippen LogP contribution < -0.4 is 10.2 Å². The average Bonchev–Trinajstić information content (AvgIpc) is 2.95. The number of amides is 2. The van der Waals surface area contributed by atoms with Gasteiger partial charge in [0.2, 0.25) is 11.8 Å². The smallest absolute Gasteiger partial charge is 0.229 e. The molecule has 0 spiro atoms. The standard InChI is InChI=1S/C19H18BrClN2O2/c1-11-3-5-15(7-12(11)2)23-10-13(8-18(23)24)19(25)22-17-6-4-14(20)9-16(17)21/h3-7,9,13H,8,10H2,1-2H3,(H,22,25)/t13-/m1/s1. The molecule has 1 saturated heterocycles. The Kier molecular flexibility index (Phi) is 5.16. The summed E-state index contributed by atoms with van der Waals surface area (Å²) < 4.78 is 0.840. The molecule has 2 aromatic rings. The Morgan fingerprint density at radius 3 is 2.64 bits per heavy atom. The highest BCUT2D eigenvalue weighted by atomic mass is 79.9. The van der Waals surface area contributed by atoms with E-state index in [9.17, 15) is 9.59 Å². The Morgan fingerprint density at radius 1 is 1.20 bits per heavy atom. The molecule has 0 aromatic heterocycles. The fourth-order valence-electron chi connectivity index (χ4n) is 2.85. The molecule has 0 radical (unpaired) electrons. The third-order valence-corrected chi connectivity index (χ3v) is 5.29. The van der Waals surface area contributed by atoms with Gasteiger partial charge < -0.3 is 10.2 Å². The molecule has 1 aliphatic rings. The van der Waals surface area contributed by atoms with E-state index in [2.05, 4.69) is 21.2 Å². The molecule has 1 heterocycles. The highest BCUT2D eigenvalue weighted by Crippen LogP contribution is 2.29. The summed E-state index contributed by atoms with van der Waals surface area (Å²) in [5.74, 6) is -0.622. The molecule has 1 aliphatic heterocycles. The molecule has 1 fully saturated rings. The van der Waals surface area contributed by atoms with Crippen LogP contribution in [0.4, 0.5) is 11.4 Å². The minimum atomic E-state index is -0.395. The van der Waals surface area contributed by atoms with Crippen LogP contribution in [-0.4, -0.2) is 18.4 Å². The van der Waals surface area contributed by atoms with Crippen molar-refractivity contribution in [2.75, 3.05) is 16.8 Å². The Balaban J connectivity index is 1.73. The van der Waals surface area contributed by atoms with E-state index < -0.39 is 5.92 Å². The van der Waals surface area contributed by atoms with Crippen LogP contribution in [0.2, 0.25) is 5.02 Å². The second-order valence-corrected chi connectivity index (χ2v) is 7.61. The first-order chi connectivity index (χ1) is 11.8. The van der Waals surface area contributed by atoms with Crippen molar-refractivity contribution in [1.29, 1.82) is 0 Å². The van der Waals surface area contributed by atoms with Gasteiger partial charge in [0.05, 0.1) is 16.6 Å². The van der Waals surface area contributed by atoms with Crippen molar-refractivity contribution in [1.82, 2.24) is 0 Å². The van der Waals surface area contributed by atoms with E-state index >= 15 is 0 Å². The van der Waals surface area contributed by atoms with Crippen molar-refractivity contribution in [3.63, 3.8) is 0 Å². The molecule has 0 bridgehead atoms. The highest BCUT2D eigenvalue weighted by molar-refractivity contribution is 9.10. The van der Waals surface area contributed by atoms with Crippen molar-refractivity contribution in [2.24, 2.45) is 5.92 Å². The van der Waals surface area contributed by atoms with Gasteiger partial charge in [-0.25, -0.2) is 0 Å². The number of nitrogens with zero attached hydrogens (tertiary/aromatic N) is 1. The van der Waals surface area contributed by atoms with Crippen molar-refractivity contribution in [3.05, 3.63) is 57.0 Å². The average molecular weight is 422 g/mol. The molecule has 2 aromatic carbocycles. The van der Waals surface area contributed by atoms with Crippen LogP contribution in [-0.2, 0) is 9.59 Å². The number of hydrogen-bond donors (Lipinski definition) is 1. The molecule has 1 atom stereocenters. The second-order valence-electron chi connectivity index (χ2n) is 6.29. The number of anilines is 2. The summed E-state index contributed by atoms with van der Waals surface area (Å²) in [4.78, 5) is 26.6. The molecule has 0 aliphatic carbocycles. The van der Waals surface area contributed by atoms with E-state index in [-0.39, 0.29) is 18.2 Å². The van der Waals surface area contributed by atoms with Crippen LogP contribution in [0.25, 0.3) is 0 Å². The Morgan fingerprint density at radius 2 is 1.96 bits per heavy atom. The van der Waals surface area contributed by atoms with Gasteiger partial charge in [0.15, 0.2) is 0 Å².